The summed E-state index contributed by atoms with van der Waals surface area (Å²) in [7, 11) is 2.21. The molecule has 2 aromatic rings. The molecular formula is C24H33N3O. The van der Waals surface area contributed by atoms with Crippen molar-refractivity contribution in [2.45, 2.75) is 45.2 Å². The highest BCUT2D eigenvalue weighted by Crippen LogP contribution is 2.43. The van der Waals surface area contributed by atoms with Gasteiger partial charge in [-0.25, -0.2) is 0 Å². The van der Waals surface area contributed by atoms with E-state index in [-0.39, 0.29) is 11.9 Å². The molecule has 4 heteroatoms. The van der Waals surface area contributed by atoms with Crippen molar-refractivity contribution < 1.29 is 4.79 Å². The second-order valence-electron chi connectivity index (χ2n) is 8.85. The number of carbonyl (C=O) groups is 1. The van der Waals surface area contributed by atoms with E-state index in [2.05, 4.69) is 71.6 Å². The summed E-state index contributed by atoms with van der Waals surface area (Å²) in [6, 6.07) is 14.8. The molecule has 0 unspecified atom stereocenters. The average Bonchev–Trinajstić information content (AvgIpc) is 3.07. The number of fused-ring (bicyclic) bond motifs is 1. The Balaban J connectivity index is 1.45. The summed E-state index contributed by atoms with van der Waals surface area (Å²) in [4.78, 5) is 18.0. The summed E-state index contributed by atoms with van der Waals surface area (Å²) in [5.74, 6) is 0.206. The first kappa shape index (κ1) is 19.4. The van der Waals surface area contributed by atoms with Gasteiger partial charge >= 0.3 is 0 Å². The highest BCUT2D eigenvalue weighted by atomic mass is 16.2. The second-order valence-corrected chi connectivity index (χ2v) is 8.85. The van der Waals surface area contributed by atoms with Crippen LogP contribution in [0.1, 0.15) is 38.2 Å². The topological polar surface area (TPSA) is 35.6 Å². The van der Waals surface area contributed by atoms with E-state index >= 15 is 0 Å². The van der Waals surface area contributed by atoms with E-state index in [1.165, 1.54) is 29.2 Å². The molecule has 0 radical (unpaired) electrons. The molecule has 2 fully saturated rings. The maximum atomic E-state index is 13.2. The van der Waals surface area contributed by atoms with Gasteiger partial charge in [-0.15, -0.1) is 0 Å². The van der Waals surface area contributed by atoms with E-state index < -0.39 is 0 Å². The monoisotopic (exact) mass is 379 g/mol. The van der Waals surface area contributed by atoms with Crippen LogP contribution in [-0.4, -0.2) is 55.0 Å². The summed E-state index contributed by atoms with van der Waals surface area (Å²) >= 11 is 0. The minimum Gasteiger partial charge on any atom is -0.351 e. The third-order valence-electron chi connectivity index (χ3n) is 6.80. The summed E-state index contributed by atoms with van der Waals surface area (Å²) in [5.41, 5.74) is 1.53. The summed E-state index contributed by atoms with van der Waals surface area (Å²) < 4.78 is 0. The van der Waals surface area contributed by atoms with E-state index in [9.17, 15) is 4.79 Å². The molecule has 1 spiro atoms. The largest absolute Gasteiger partial charge is 0.351 e. The molecule has 2 heterocycles. The molecule has 0 saturated carbocycles. The van der Waals surface area contributed by atoms with Crippen LogP contribution in [0.15, 0.2) is 42.5 Å². The number of hydrogen-bond donors (Lipinski definition) is 1. The third kappa shape index (κ3) is 3.94. The lowest BCUT2D eigenvalue weighted by atomic mass is 9.76. The molecule has 2 saturated heterocycles. The number of rotatable bonds is 5. The van der Waals surface area contributed by atoms with E-state index in [1.807, 2.05) is 0 Å². The molecule has 150 valence electrons. The first-order valence-corrected chi connectivity index (χ1v) is 10.8. The first-order chi connectivity index (χ1) is 13.6. The van der Waals surface area contributed by atoms with Gasteiger partial charge in [-0.3, -0.25) is 9.69 Å². The standard InChI is InChI=1S/C24H33N3O/c1-3-13-27-18-24(11-14-26(2)15-12-24)16-22(27)23(28)25-17-20-9-6-8-19-7-4-5-10-21(19)20/h4-10,22H,3,11-18H2,1-2H3,(H,25,28)/t22-/m1/s1. The Labute approximate surface area is 168 Å². The number of benzene rings is 2. The van der Waals surface area contributed by atoms with Crippen molar-refractivity contribution in [2.24, 2.45) is 5.41 Å². The highest BCUT2D eigenvalue weighted by Gasteiger charge is 2.47. The molecule has 1 N–H and O–H groups in total. The van der Waals surface area contributed by atoms with Gasteiger partial charge in [0.25, 0.3) is 0 Å². The van der Waals surface area contributed by atoms with Crippen LogP contribution in [0.25, 0.3) is 10.8 Å². The van der Waals surface area contributed by atoms with Crippen molar-refractivity contribution in [3.63, 3.8) is 0 Å². The van der Waals surface area contributed by atoms with E-state index in [4.69, 9.17) is 0 Å². The fourth-order valence-corrected chi connectivity index (χ4v) is 5.13. The number of nitrogens with one attached hydrogen (secondary N) is 1. The lowest BCUT2D eigenvalue weighted by molar-refractivity contribution is -0.125. The Bertz CT molecular complexity index is 820. The Kier molecular flexibility index (Phi) is 5.70. The van der Waals surface area contributed by atoms with Crippen LogP contribution < -0.4 is 5.32 Å². The average molecular weight is 380 g/mol. The van der Waals surface area contributed by atoms with Crippen molar-refractivity contribution in [2.75, 3.05) is 33.2 Å². The Morgan fingerprint density at radius 1 is 1.14 bits per heavy atom. The van der Waals surface area contributed by atoms with Gasteiger partial charge < -0.3 is 10.2 Å². The van der Waals surface area contributed by atoms with E-state index in [1.54, 1.807) is 0 Å². The Morgan fingerprint density at radius 2 is 1.89 bits per heavy atom. The van der Waals surface area contributed by atoms with Crippen LogP contribution >= 0.6 is 0 Å². The zero-order chi connectivity index (χ0) is 19.6. The quantitative estimate of drug-likeness (QED) is 0.861. The molecule has 0 aromatic heterocycles. The van der Waals surface area contributed by atoms with Gasteiger partial charge in [0.2, 0.25) is 5.91 Å². The first-order valence-electron chi connectivity index (χ1n) is 10.8. The highest BCUT2D eigenvalue weighted by molar-refractivity contribution is 5.87. The summed E-state index contributed by atoms with van der Waals surface area (Å²) in [6.45, 7) is 7.23. The van der Waals surface area contributed by atoms with Gasteiger partial charge in [-0.2, -0.15) is 0 Å². The van der Waals surface area contributed by atoms with Crippen LogP contribution in [0.5, 0.6) is 0 Å². The van der Waals surface area contributed by atoms with Gasteiger partial charge in [0, 0.05) is 13.1 Å². The zero-order valence-electron chi connectivity index (χ0n) is 17.3. The normalized spacial score (nSPS) is 22.7. The fraction of sp³-hybridized carbons (Fsp3) is 0.542. The number of amides is 1. The van der Waals surface area contributed by atoms with Crippen molar-refractivity contribution in [3.8, 4) is 0 Å². The summed E-state index contributed by atoms with van der Waals surface area (Å²) in [5, 5.41) is 5.72. The van der Waals surface area contributed by atoms with Gasteiger partial charge in [-0.05, 0) is 74.1 Å². The van der Waals surface area contributed by atoms with Gasteiger partial charge in [-0.1, -0.05) is 49.4 Å². The zero-order valence-corrected chi connectivity index (χ0v) is 17.3. The number of carbonyl (C=O) groups excluding carboxylic acids is 1. The molecule has 4 rings (SSSR count). The SMILES string of the molecule is CCCN1CC2(CCN(C)CC2)C[C@@H]1C(=O)NCc1cccc2ccccc12. The molecule has 1 atom stereocenters. The maximum Gasteiger partial charge on any atom is 0.237 e. The van der Waals surface area contributed by atoms with Crippen LogP contribution in [0.3, 0.4) is 0 Å². The molecule has 0 bridgehead atoms. The number of nitrogens with zero attached hydrogens (tertiary/aromatic N) is 2. The fourth-order valence-electron chi connectivity index (χ4n) is 5.13. The van der Waals surface area contributed by atoms with E-state index in [0.717, 1.165) is 39.0 Å². The minimum absolute atomic E-state index is 0.0262. The lowest BCUT2D eigenvalue weighted by Gasteiger charge is -2.37. The summed E-state index contributed by atoms with van der Waals surface area (Å²) in [6.07, 6.45) is 4.55. The lowest BCUT2D eigenvalue weighted by Crippen LogP contribution is -2.43. The molecule has 2 aliphatic rings. The maximum absolute atomic E-state index is 13.2. The number of likely N-dealkylation sites (tertiary alicyclic amines) is 2. The number of hydrogen-bond acceptors (Lipinski definition) is 3. The van der Waals surface area contributed by atoms with Crippen molar-refractivity contribution in [3.05, 3.63) is 48.0 Å². The molecule has 28 heavy (non-hydrogen) atoms. The minimum atomic E-state index is 0.0262. The van der Waals surface area contributed by atoms with Crippen molar-refractivity contribution in [1.82, 2.24) is 15.1 Å². The predicted octanol–water partition coefficient (Wildman–Crippen LogP) is 3.65. The second kappa shape index (κ2) is 8.22. The van der Waals surface area contributed by atoms with Crippen LogP contribution in [-0.2, 0) is 11.3 Å². The van der Waals surface area contributed by atoms with Gasteiger partial charge in [0.05, 0.1) is 6.04 Å². The van der Waals surface area contributed by atoms with Gasteiger partial charge in [0.1, 0.15) is 0 Å². The van der Waals surface area contributed by atoms with Crippen LogP contribution in [0, 0.1) is 5.41 Å². The molecule has 4 nitrogen and oxygen atoms in total. The predicted molar refractivity (Wildman–Crippen MR) is 115 cm³/mol. The third-order valence-corrected chi connectivity index (χ3v) is 6.80. The number of piperidine rings is 1. The molecule has 0 aliphatic carbocycles. The van der Waals surface area contributed by atoms with Crippen molar-refractivity contribution >= 4 is 16.7 Å². The Hall–Kier alpha value is -1.91. The Morgan fingerprint density at radius 3 is 2.68 bits per heavy atom. The molecule has 2 aliphatic heterocycles. The molecule has 2 aromatic carbocycles. The van der Waals surface area contributed by atoms with Gasteiger partial charge in [0.15, 0.2) is 0 Å². The van der Waals surface area contributed by atoms with E-state index in [0.29, 0.717) is 12.0 Å². The molecular weight excluding hydrogens is 346 g/mol. The van der Waals surface area contributed by atoms with Crippen molar-refractivity contribution in [1.29, 1.82) is 0 Å². The van der Waals surface area contributed by atoms with Crippen LogP contribution in [0.2, 0.25) is 0 Å². The van der Waals surface area contributed by atoms with Crippen LogP contribution in [0.4, 0.5) is 0 Å². The molecule has 1 amide bonds. The smallest absolute Gasteiger partial charge is 0.237 e.